The molecule has 0 atom stereocenters. The van der Waals surface area contributed by atoms with E-state index in [1.165, 1.54) is 0 Å². The average Bonchev–Trinajstić information content (AvgIpc) is 3.38. The van der Waals surface area contributed by atoms with Crippen LogP contribution >= 0.6 is 23.1 Å². The molecule has 4 rings (SSSR count). The predicted octanol–water partition coefficient (Wildman–Crippen LogP) is 5.58. The summed E-state index contributed by atoms with van der Waals surface area (Å²) in [4.78, 5) is 22.3. The van der Waals surface area contributed by atoms with E-state index in [1.807, 2.05) is 66.9 Å². The first-order valence-electron chi connectivity index (χ1n) is 9.10. The van der Waals surface area contributed by atoms with Crippen LogP contribution in [0.4, 0.5) is 5.69 Å². The molecule has 0 aliphatic rings. The van der Waals surface area contributed by atoms with Crippen molar-refractivity contribution in [2.24, 2.45) is 0 Å². The van der Waals surface area contributed by atoms with Crippen LogP contribution in [0.2, 0.25) is 0 Å². The van der Waals surface area contributed by atoms with Crippen molar-refractivity contribution in [2.45, 2.75) is 24.1 Å². The smallest absolute Gasteiger partial charge is 0.236 e. The highest BCUT2D eigenvalue weighted by molar-refractivity contribution is 7.98. The van der Waals surface area contributed by atoms with E-state index in [0.717, 1.165) is 26.9 Å². The molecule has 0 unspecified atom stereocenters. The minimum Gasteiger partial charge on any atom is -0.440 e. The molecule has 1 aromatic carbocycles. The highest BCUT2D eigenvalue weighted by Crippen LogP contribution is 2.26. The molecule has 0 bridgehead atoms. The standard InChI is InChI=1S/C22H19N3O2S2/c1-15-18(25-22(27-15)19-8-5-11-28-19)13-20(26)24-17-7-4-6-16(12-17)14-29-21-9-2-3-10-23-21/h2-12H,13-14H2,1H3,(H,24,26). The SMILES string of the molecule is Cc1oc(-c2cccs2)nc1CC(=O)Nc1cccc(CSc2ccccn2)c1. The van der Waals surface area contributed by atoms with E-state index >= 15 is 0 Å². The Bertz CT molecular complexity index is 1090. The maximum atomic E-state index is 12.5. The molecule has 0 radical (unpaired) electrons. The molecule has 5 nitrogen and oxygen atoms in total. The number of anilines is 1. The summed E-state index contributed by atoms with van der Waals surface area (Å²) in [7, 11) is 0. The van der Waals surface area contributed by atoms with Crippen molar-refractivity contribution in [3.8, 4) is 10.8 Å². The first-order chi connectivity index (χ1) is 14.2. The number of nitrogens with one attached hydrogen (secondary N) is 1. The zero-order valence-corrected chi connectivity index (χ0v) is 17.4. The monoisotopic (exact) mass is 421 g/mol. The molecule has 1 N–H and O–H groups in total. The maximum Gasteiger partial charge on any atom is 0.236 e. The number of thioether (sulfide) groups is 1. The van der Waals surface area contributed by atoms with Crippen LogP contribution in [0.3, 0.4) is 0 Å². The second kappa shape index (κ2) is 9.07. The van der Waals surface area contributed by atoms with E-state index in [1.54, 1.807) is 29.3 Å². The largest absolute Gasteiger partial charge is 0.440 e. The normalized spacial score (nSPS) is 10.8. The Morgan fingerprint density at radius 3 is 2.90 bits per heavy atom. The number of hydrogen-bond donors (Lipinski definition) is 1. The Balaban J connectivity index is 1.37. The topological polar surface area (TPSA) is 68.0 Å². The summed E-state index contributed by atoms with van der Waals surface area (Å²) in [6, 6.07) is 17.6. The van der Waals surface area contributed by atoms with Gasteiger partial charge in [-0.1, -0.05) is 24.3 Å². The highest BCUT2D eigenvalue weighted by atomic mass is 32.2. The lowest BCUT2D eigenvalue weighted by molar-refractivity contribution is -0.115. The molecule has 0 spiro atoms. The summed E-state index contributed by atoms with van der Waals surface area (Å²) in [5, 5.41) is 5.91. The van der Waals surface area contributed by atoms with Crippen LogP contribution in [0.1, 0.15) is 17.0 Å². The van der Waals surface area contributed by atoms with Crippen molar-refractivity contribution in [3.05, 3.63) is 83.2 Å². The molecule has 0 saturated heterocycles. The van der Waals surface area contributed by atoms with Crippen LogP contribution < -0.4 is 5.32 Å². The third-order valence-electron chi connectivity index (χ3n) is 4.19. The number of thiophene rings is 1. The van der Waals surface area contributed by atoms with Crippen molar-refractivity contribution < 1.29 is 9.21 Å². The van der Waals surface area contributed by atoms with E-state index in [0.29, 0.717) is 17.3 Å². The number of nitrogens with zero attached hydrogens (tertiary/aromatic N) is 2. The summed E-state index contributed by atoms with van der Waals surface area (Å²) in [5.74, 6) is 1.90. The van der Waals surface area contributed by atoms with E-state index < -0.39 is 0 Å². The van der Waals surface area contributed by atoms with Crippen LogP contribution in [0, 0.1) is 6.92 Å². The Morgan fingerprint density at radius 2 is 2.10 bits per heavy atom. The average molecular weight is 422 g/mol. The number of amides is 1. The van der Waals surface area contributed by atoms with Crippen LogP contribution in [0.5, 0.6) is 0 Å². The van der Waals surface area contributed by atoms with Gasteiger partial charge in [-0.05, 0) is 48.2 Å². The lowest BCUT2D eigenvalue weighted by Gasteiger charge is -2.07. The van der Waals surface area contributed by atoms with Gasteiger partial charge in [0.1, 0.15) is 5.76 Å². The quantitative estimate of drug-likeness (QED) is 0.395. The maximum absolute atomic E-state index is 12.5. The fraction of sp³-hybridized carbons (Fsp3) is 0.136. The zero-order chi connectivity index (χ0) is 20.1. The van der Waals surface area contributed by atoms with E-state index in [-0.39, 0.29) is 12.3 Å². The summed E-state index contributed by atoms with van der Waals surface area (Å²) >= 11 is 3.22. The van der Waals surface area contributed by atoms with E-state index in [9.17, 15) is 4.79 Å². The molecule has 0 saturated carbocycles. The molecular formula is C22H19N3O2S2. The number of pyridine rings is 1. The van der Waals surface area contributed by atoms with Gasteiger partial charge >= 0.3 is 0 Å². The van der Waals surface area contributed by atoms with Crippen LogP contribution in [-0.2, 0) is 17.0 Å². The van der Waals surface area contributed by atoms with Crippen LogP contribution in [-0.4, -0.2) is 15.9 Å². The van der Waals surface area contributed by atoms with Crippen molar-refractivity contribution >= 4 is 34.7 Å². The molecule has 7 heteroatoms. The molecule has 0 aliphatic carbocycles. The first-order valence-corrected chi connectivity index (χ1v) is 11.0. The first kappa shape index (κ1) is 19.4. The molecule has 0 aliphatic heterocycles. The van der Waals surface area contributed by atoms with Gasteiger partial charge < -0.3 is 9.73 Å². The third kappa shape index (κ3) is 5.13. The summed E-state index contributed by atoms with van der Waals surface area (Å²) in [5.41, 5.74) is 2.55. The van der Waals surface area contributed by atoms with Gasteiger partial charge in [0.2, 0.25) is 11.8 Å². The predicted molar refractivity (Wildman–Crippen MR) is 117 cm³/mol. The highest BCUT2D eigenvalue weighted by Gasteiger charge is 2.15. The van der Waals surface area contributed by atoms with E-state index in [2.05, 4.69) is 15.3 Å². The zero-order valence-electron chi connectivity index (χ0n) is 15.8. The van der Waals surface area contributed by atoms with Gasteiger partial charge in [0.25, 0.3) is 0 Å². The molecule has 146 valence electrons. The summed E-state index contributed by atoms with van der Waals surface area (Å²) < 4.78 is 5.71. The Morgan fingerprint density at radius 1 is 1.17 bits per heavy atom. The van der Waals surface area contributed by atoms with Crippen molar-refractivity contribution in [2.75, 3.05) is 5.32 Å². The number of benzene rings is 1. The molecule has 1 amide bonds. The molecule has 3 heterocycles. The summed E-state index contributed by atoms with van der Waals surface area (Å²) in [6.07, 6.45) is 1.96. The minimum atomic E-state index is -0.117. The van der Waals surface area contributed by atoms with Gasteiger partial charge in [-0.25, -0.2) is 9.97 Å². The van der Waals surface area contributed by atoms with Gasteiger partial charge in [-0.3, -0.25) is 4.79 Å². The van der Waals surface area contributed by atoms with E-state index in [4.69, 9.17) is 4.42 Å². The van der Waals surface area contributed by atoms with Gasteiger partial charge in [0, 0.05) is 17.6 Å². The molecular weight excluding hydrogens is 402 g/mol. The molecule has 3 aromatic heterocycles. The lowest BCUT2D eigenvalue weighted by Crippen LogP contribution is -2.15. The Labute approximate surface area is 177 Å². The van der Waals surface area contributed by atoms with Crippen molar-refractivity contribution in [1.82, 2.24) is 9.97 Å². The number of rotatable bonds is 7. The van der Waals surface area contributed by atoms with Gasteiger partial charge in [-0.15, -0.1) is 23.1 Å². The molecule has 29 heavy (non-hydrogen) atoms. The molecule has 4 aromatic rings. The minimum absolute atomic E-state index is 0.117. The second-order valence-corrected chi connectivity index (χ2v) is 8.32. The van der Waals surface area contributed by atoms with Gasteiger partial charge in [0.05, 0.1) is 22.0 Å². The lowest BCUT2D eigenvalue weighted by atomic mass is 10.2. The number of carbonyl (C=O) groups is 1. The van der Waals surface area contributed by atoms with Crippen LogP contribution in [0.15, 0.2) is 75.6 Å². The second-order valence-electron chi connectivity index (χ2n) is 6.38. The van der Waals surface area contributed by atoms with Crippen molar-refractivity contribution in [3.63, 3.8) is 0 Å². The fourth-order valence-corrected chi connectivity index (χ4v) is 4.24. The number of aromatic nitrogens is 2. The van der Waals surface area contributed by atoms with Gasteiger partial charge in [0.15, 0.2) is 0 Å². The van der Waals surface area contributed by atoms with Crippen LogP contribution in [0.25, 0.3) is 10.8 Å². The fourth-order valence-electron chi connectivity index (χ4n) is 2.78. The number of oxazole rings is 1. The Hall–Kier alpha value is -2.90. The number of aryl methyl sites for hydroxylation is 1. The summed E-state index contributed by atoms with van der Waals surface area (Å²) in [6.45, 7) is 1.84. The van der Waals surface area contributed by atoms with Gasteiger partial charge in [-0.2, -0.15) is 0 Å². The number of carbonyl (C=O) groups excluding carboxylic acids is 1. The number of hydrogen-bond acceptors (Lipinski definition) is 6. The third-order valence-corrected chi connectivity index (χ3v) is 6.06. The Kier molecular flexibility index (Phi) is 6.07. The molecule has 0 fully saturated rings. The van der Waals surface area contributed by atoms with Crippen molar-refractivity contribution in [1.29, 1.82) is 0 Å².